The maximum absolute atomic E-state index is 12.3. The molecule has 0 aliphatic carbocycles. The molecule has 2 N–H and O–H groups in total. The quantitative estimate of drug-likeness (QED) is 0.293. The number of benzene rings is 3. The lowest BCUT2D eigenvalue weighted by Crippen LogP contribution is -2.33. The summed E-state index contributed by atoms with van der Waals surface area (Å²) in [4.78, 5) is 15.5. The molecule has 0 saturated heterocycles. The van der Waals surface area contributed by atoms with E-state index in [1.165, 1.54) is 0 Å². The van der Waals surface area contributed by atoms with E-state index in [2.05, 4.69) is 43.6 Å². The number of hydrogen-bond acceptors (Lipinski definition) is 3. The lowest BCUT2D eigenvalue weighted by Gasteiger charge is -2.13. The van der Waals surface area contributed by atoms with Gasteiger partial charge in [-0.1, -0.05) is 58.4 Å². The van der Waals surface area contributed by atoms with Crippen LogP contribution in [0, 0.1) is 0 Å². The minimum atomic E-state index is -0.679. The normalized spacial score (nSPS) is 12.2. The molecular formula is C24H20BrN3O2. The van der Waals surface area contributed by atoms with E-state index in [0.29, 0.717) is 5.75 Å². The smallest absolute Gasteiger partial charge is 0.280 e. The molecular weight excluding hydrogens is 442 g/mol. The van der Waals surface area contributed by atoms with E-state index in [1.807, 2.05) is 66.9 Å². The SMILES string of the molecule is CC(Oc1ccc(-c2ccccc2)cc1)C(=O)N/N=C/c1c[nH]c2ccc(Br)cc12. The van der Waals surface area contributed by atoms with Gasteiger partial charge in [0.25, 0.3) is 5.91 Å². The molecule has 0 radical (unpaired) electrons. The number of aromatic amines is 1. The van der Waals surface area contributed by atoms with E-state index in [-0.39, 0.29) is 5.91 Å². The van der Waals surface area contributed by atoms with Crippen LogP contribution in [0.25, 0.3) is 22.0 Å². The summed E-state index contributed by atoms with van der Waals surface area (Å²) < 4.78 is 6.72. The highest BCUT2D eigenvalue weighted by molar-refractivity contribution is 9.10. The summed E-state index contributed by atoms with van der Waals surface area (Å²) in [6.07, 6.45) is 2.78. The molecule has 1 atom stereocenters. The first kappa shape index (κ1) is 19.9. The summed E-state index contributed by atoms with van der Waals surface area (Å²) in [5.41, 5.74) is 6.65. The summed E-state index contributed by atoms with van der Waals surface area (Å²) in [6, 6.07) is 23.7. The number of nitrogens with one attached hydrogen (secondary N) is 2. The van der Waals surface area contributed by atoms with Gasteiger partial charge in [0, 0.05) is 27.1 Å². The topological polar surface area (TPSA) is 66.5 Å². The predicted octanol–water partition coefficient (Wildman–Crippen LogP) is 5.52. The van der Waals surface area contributed by atoms with Crippen molar-refractivity contribution in [2.24, 2.45) is 5.10 Å². The second-order valence-electron chi connectivity index (χ2n) is 6.82. The number of fused-ring (bicyclic) bond motifs is 1. The Hall–Kier alpha value is -3.38. The van der Waals surface area contributed by atoms with Gasteiger partial charge in [-0.2, -0.15) is 5.10 Å². The van der Waals surface area contributed by atoms with E-state index < -0.39 is 6.10 Å². The summed E-state index contributed by atoms with van der Waals surface area (Å²) in [5.74, 6) is 0.308. The molecule has 150 valence electrons. The van der Waals surface area contributed by atoms with Crippen LogP contribution in [-0.2, 0) is 4.79 Å². The van der Waals surface area contributed by atoms with Crippen LogP contribution in [0.5, 0.6) is 5.75 Å². The van der Waals surface area contributed by atoms with Crippen LogP contribution >= 0.6 is 15.9 Å². The Morgan fingerprint density at radius 1 is 1.07 bits per heavy atom. The molecule has 0 saturated carbocycles. The Balaban J connectivity index is 1.35. The van der Waals surface area contributed by atoms with Crippen LogP contribution in [0.15, 0.2) is 88.6 Å². The number of rotatable bonds is 6. The zero-order valence-corrected chi connectivity index (χ0v) is 17.9. The molecule has 4 aromatic rings. The number of amides is 1. The third-order valence-corrected chi connectivity index (χ3v) is 5.19. The Kier molecular flexibility index (Phi) is 5.95. The minimum absolute atomic E-state index is 0.320. The monoisotopic (exact) mass is 461 g/mol. The first-order chi connectivity index (χ1) is 14.6. The molecule has 0 aliphatic heterocycles. The highest BCUT2D eigenvalue weighted by Crippen LogP contribution is 2.23. The largest absolute Gasteiger partial charge is 0.481 e. The molecule has 1 amide bonds. The van der Waals surface area contributed by atoms with Gasteiger partial charge in [0.2, 0.25) is 0 Å². The number of aromatic nitrogens is 1. The molecule has 1 aromatic heterocycles. The van der Waals surface area contributed by atoms with Crippen molar-refractivity contribution in [1.82, 2.24) is 10.4 Å². The van der Waals surface area contributed by atoms with Crippen molar-refractivity contribution in [1.29, 1.82) is 0 Å². The van der Waals surface area contributed by atoms with Gasteiger partial charge in [-0.3, -0.25) is 4.79 Å². The number of ether oxygens (including phenoxy) is 1. The summed E-state index contributed by atoms with van der Waals surface area (Å²) >= 11 is 3.47. The molecule has 3 aromatic carbocycles. The fourth-order valence-electron chi connectivity index (χ4n) is 3.09. The van der Waals surface area contributed by atoms with E-state index in [0.717, 1.165) is 32.1 Å². The number of carbonyl (C=O) groups excluding carboxylic acids is 1. The predicted molar refractivity (Wildman–Crippen MR) is 124 cm³/mol. The van der Waals surface area contributed by atoms with Gasteiger partial charge in [0.05, 0.1) is 6.21 Å². The minimum Gasteiger partial charge on any atom is -0.481 e. The molecule has 30 heavy (non-hydrogen) atoms. The zero-order chi connectivity index (χ0) is 20.9. The van der Waals surface area contributed by atoms with E-state index in [4.69, 9.17) is 4.74 Å². The molecule has 0 bridgehead atoms. The Bertz CT molecular complexity index is 1180. The van der Waals surface area contributed by atoms with Gasteiger partial charge in [0.15, 0.2) is 6.10 Å². The first-order valence-corrected chi connectivity index (χ1v) is 10.3. The molecule has 6 heteroatoms. The number of hydrogen-bond donors (Lipinski definition) is 2. The second-order valence-corrected chi connectivity index (χ2v) is 7.73. The lowest BCUT2D eigenvalue weighted by atomic mass is 10.1. The summed E-state index contributed by atoms with van der Waals surface area (Å²) in [7, 11) is 0. The number of carbonyl (C=O) groups is 1. The van der Waals surface area contributed by atoms with Crippen LogP contribution in [0.3, 0.4) is 0 Å². The van der Waals surface area contributed by atoms with Crippen LogP contribution in [0.4, 0.5) is 0 Å². The van der Waals surface area contributed by atoms with Crippen LogP contribution in [0.2, 0.25) is 0 Å². The lowest BCUT2D eigenvalue weighted by molar-refractivity contribution is -0.127. The number of halogens is 1. The van der Waals surface area contributed by atoms with E-state index in [1.54, 1.807) is 13.1 Å². The van der Waals surface area contributed by atoms with Crippen LogP contribution < -0.4 is 10.2 Å². The Labute approximate surface area is 182 Å². The highest BCUT2D eigenvalue weighted by Gasteiger charge is 2.14. The fourth-order valence-corrected chi connectivity index (χ4v) is 3.45. The molecule has 1 unspecified atom stereocenters. The van der Waals surface area contributed by atoms with Crippen molar-refractivity contribution in [3.8, 4) is 16.9 Å². The summed E-state index contributed by atoms with van der Waals surface area (Å²) in [5, 5.41) is 5.09. The Morgan fingerprint density at radius 3 is 2.57 bits per heavy atom. The third-order valence-electron chi connectivity index (χ3n) is 4.70. The van der Waals surface area contributed by atoms with Crippen molar-refractivity contribution in [2.45, 2.75) is 13.0 Å². The highest BCUT2D eigenvalue weighted by atomic mass is 79.9. The van der Waals surface area contributed by atoms with E-state index >= 15 is 0 Å². The third kappa shape index (κ3) is 4.60. The van der Waals surface area contributed by atoms with Crippen molar-refractivity contribution in [3.05, 3.63) is 89.0 Å². The summed E-state index contributed by atoms with van der Waals surface area (Å²) in [6.45, 7) is 1.69. The maximum atomic E-state index is 12.3. The van der Waals surface area contributed by atoms with Gasteiger partial charge in [-0.15, -0.1) is 0 Å². The van der Waals surface area contributed by atoms with Gasteiger partial charge in [-0.25, -0.2) is 5.43 Å². The zero-order valence-electron chi connectivity index (χ0n) is 16.3. The number of nitrogens with zero attached hydrogens (tertiary/aromatic N) is 1. The van der Waals surface area contributed by atoms with Crippen molar-refractivity contribution >= 4 is 39.0 Å². The van der Waals surface area contributed by atoms with Crippen molar-refractivity contribution < 1.29 is 9.53 Å². The number of hydrazone groups is 1. The van der Waals surface area contributed by atoms with Crippen molar-refractivity contribution in [3.63, 3.8) is 0 Å². The molecule has 0 fully saturated rings. The van der Waals surface area contributed by atoms with Crippen molar-refractivity contribution in [2.75, 3.05) is 0 Å². The first-order valence-electron chi connectivity index (χ1n) is 9.52. The van der Waals surface area contributed by atoms with Gasteiger partial charge in [0.1, 0.15) is 5.75 Å². The molecule has 0 spiro atoms. The molecule has 5 nitrogen and oxygen atoms in total. The van der Waals surface area contributed by atoms with Gasteiger partial charge < -0.3 is 9.72 Å². The Morgan fingerprint density at radius 2 is 1.80 bits per heavy atom. The van der Waals surface area contributed by atoms with Gasteiger partial charge in [-0.05, 0) is 48.4 Å². The van der Waals surface area contributed by atoms with E-state index in [9.17, 15) is 4.79 Å². The van der Waals surface area contributed by atoms with Crippen LogP contribution in [-0.4, -0.2) is 23.2 Å². The maximum Gasteiger partial charge on any atom is 0.280 e. The molecule has 0 aliphatic rings. The average Bonchev–Trinajstić information content (AvgIpc) is 3.17. The number of H-pyrrole nitrogens is 1. The average molecular weight is 462 g/mol. The van der Waals surface area contributed by atoms with Crippen LogP contribution in [0.1, 0.15) is 12.5 Å². The van der Waals surface area contributed by atoms with Gasteiger partial charge >= 0.3 is 0 Å². The fraction of sp³-hybridized carbons (Fsp3) is 0.0833. The molecule has 1 heterocycles. The second kappa shape index (κ2) is 8.97. The molecule has 4 rings (SSSR count). The standard InChI is InChI=1S/C24H20BrN3O2/c1-16(30-21-10-7-18(8-11-21)17-5-3-2-4-6-17)24(29)28-27-15-19-14-26-23-12-9-20(25)13-22(19)23/h2-16,26H,1H3,(H,28,29)/b27-15+.